The first-order valence-corrected chi connectivity index (χ1v) is 7.67. The van der Waals surface area contributed by atoms with Gasteiger partial charge in [0, 0.05) is 33.0 Å². The van der Waals surface area contributed by atoms with Gasteiger partial charge in [-0.3, -0.25) is 13.9 Å². The average molecular weight is 316 g/mol. The summed E-state index contributed by atoms with van der Waals surface area (Å²) in [5.41, 5.74) is 0.805. The zero-order valence-electron chi connectivity index (χ0n) is 13.5. The van der Waals surface area contributed by atoms with Crippen molar-refractivity contribution in [3.63, 3.8) is 0 Å². The van der Waals surface area contributed by atoms with Crippen molar-refractivity contribution in [1.29, 1.82) is 0 Å². The lowest BCUT2D eigenvalue weighted by Gasteiger charge is -2.32. The number of hydrogen-bond acceptors (Lipinski definition) is 4. The number of benzene rings is 1. The number of nitrogens with zero attached hydrogens (tertiary/aromatic N) is 2. The third-order valence-electron chi connectivity index (χ3n) is 4.22. The van der Waals surface area contributed by atoms with Crippen LogP contribution in [0.4, 0.5) is 0 Å². The number of ether oxygens (including phenoxy) is 2. The van der Waals surface area contributed by atoms with E-state index >= 15 is 0 Å². The van der Waals surface area contributed by atoms with Gasteiger partial charge in [0.25, 0.3) is 5.56 Å². The van der Waals surface area contributed by atoms with E-state index in [9.17, 15) is 9.59 Å². The van der Waals surface area contributed by atoms with Gasteiger partial charge in [0.05, 0.1) is 5.56 Å². The zero-order chi connectivity index (χ0) is 16.6. The highest BCUT2D eigenvalue weighted by Crippen LogP contribution is 2.37. The third kappa shape index (κ3) is 2.59. The van der Waals surface area contributed by atoms with Crippen molar-refractivity contribution in [3.05, 3.63) is 62.3 Å². The lowest BCUT2D eigenvalue weighted by molar-refractivity contribution is -0.0943. The highest BCUT2D eigenvalue weighted by molar-refractivity contribution is 5.39. The highest BCUT2D eigenvalue weighted by Gasteiger charge is 2.35. The van der Waals surface area contributed by atoms with Crippen molar-refractivity contribution in [3.8, 4) is 5.88 Å². The van der Waals surface area contributed by atoms with Gasteiger partial charge in [-0.25, -0.2) is 4.79 Å². The summed E-state index contributed by atoms with van der Waals surface area (Å²) in [4.78, 5) is 24.8. The molecule has 2 aromatic rings. The molecule has 0 radical (unpaired) electrons. The molecule has 6 nitrogen and oxygen atoms in total. The van der Waals surface area contributed by atoms with E-state index in [0.29, 0.717) is 24.5 Å². The van der Waals surface area contributed by atoms with E-state index in [2.05, 4.69) is 0 Å². The maximum absolute atomic E-state index is 12.7. The summed E-state index contributed by atoms with van der Waals surface area (Å²) in [6, 6.07) is 9.77. The second-order valence-corrected chi connectivity index (χ2v) is 5.63. The average Bonchev–Trinajstić information content (AvgIpc) is 2.58. The largest absolute Gasteiger partial charge is 0.449 e. The third-order valence-corrected chi connectivity index (χ3v) is 4.22. The minimum Gasteiger partial charge on any atom is -0.449 e. The maximum atomic E-state index is 12.7. The molecular formula is C17H20N2O4. The van der Waals surface area contributed by atoms with E-state index in [-0.39, 0.29) is 11.5 Å². The summed E-state index contributed by atoms with van der Waals surface area (Å²) in [5.74, 6) is 0.138. The molecule has 0 fully saturated rings. The summed E-state index contributed by atoms with van der Waals surface area (Å²) >= 11 is 0. The van der Waals surface area contributed by atoms with Gasteiger partial charge in [0.2, 0.25) is 12.2 Å². The van der Waals surface area contributed by atoms with E-state index in [1.807, 2.05) is 37.3 Å². The smallest absolute Gasteiger partial charge is 0.333 e. The number of fused-ring (bicyclic) bond motifs is 1. The fraction of sp³-hybridized carbons (Fsp3) is 0.412. The maximum Gasteiger partial charge on any atom is 0.333 e. The van der Waals surface area contributed by atoms with Crippen LogP contribution in [0.25, 0.3) is 0 Å². The molecule has 1 aliphatic heterocycles. The summed E-state index contributed by atoms with van der Waals surface area (Å²) in [7, 11) is 3.10. The van der Waals surface area contributed by atoms with Gasteiger partial charge in [0.15, 0.2) is 0 Å². The van der Waals surface area contributed by atoms with Crippen LogP contribution in [-0.2, 0) is 18.8 Å². The molecule has 0 saturated heterocycles. The molecule has 0 unspecified atom stereocenters. The van der Waals surface area contributed by atoms with E-state index < -0.39 is 12.0 Å². The molecule has 122 valence electrons. The normalized spacial score (nSPS) is 20.0. The van der Waals surface area contributed by atoms with E-state index in [0.717, 1.165) is 10.1 Å². The molecule has 1 aromatic carbocycles. The molecule has 2 heterocycles. The molecule has 1 aromatic heterocycles. The van der Waals surface area contributed by atoms with Gasteiger partial charge in [-0.2, -0.15) is 0 Å². The van der Waals surface area contributed by atoms with Gasteiger partial charge in [-0.1, -0.05) is 30.3 Å². The Morgan fingerprint density at radius 1 is 1.17 bits per heavy atom. The first kappa shape index (κ1) is 15.6. The van der Waals surface area contributed by atoms with Gasteiger partial charge in [0.1, 0.15) is 0 Å². The molecule has 0 N–H and O–H groups in total. The van der Waals surface area contributed by atoms with Crippen LogP contribution >= 0.6 is 0 Å². The molecule has 23 heavy (non-hydrogen) atoms. The van der Waals surface area contributed by atoms with E-state index in [4.69, 9.17) is 9.47 Å². The van der Waals surface area contributed by atoms with Gasteiger partial charge in [-0.15, -0.1) is 0 Å². The van der Waals surface area contributed by atoms with Crippen molar-refractivity contribution < 1.29 is 9.47 Å². The first-order valence-electron chi connectivity index (χ1n) is 7.67. The van der Waals surface area contributed by atoms with Gasteiger partial charge in [-0.05, 0) is 12.5 Å². The van der Waals surface area contributed by atoms with Crippen LogP contribution in [0.2, 0.25) is 0 Å². The lowest BCUT2D eigenvalue weighted by Crippen LogP contribution is -2.44. The Morgan fingerprint density at radius 3 is 2.52 bits per heavy atom. The van der Waals surface area contributed by atoms with Crippen LogP contribution in [0.3, 0.4) is 0 Å². The summed E-state index contributed by atoms with van der Waals surface area (Å²) in [6.07, 6.45) is 0.0635. The van der Waals surface area contributed by atoms with Crippen molar-refractivity contribution in [2.75, 3.05) is 6.61 Å². The number of aromatic nitrogens is 2. The van der Waals surface area contributed by atoms with Crippen molar-refractivity contribution >= 4 is 0 Å². The Morgan fingerprint density at radius 2 is 1.87 bits per heavy atom. The topological polar surface area (TPSA) is 62.5 Å². The minimum atomic E-state index is -0.476. The summed E-state index contributed by atoms with van der Waals surface area (Å²) in [5, 5.41) is 0. The standard InChI is InChI=1S/C17H20N2O4/c1-4-22-13-10-12(11-8-6-5-7-9-11)14-15(20)18(2)17(21)19(3)16(14)23-13/h5-9,12-13H,4,10H2,1-3H3/t12-,13+/m1/s1. The number of rotatable bonds is 3. The molecular weight excluding hydrogens is 296 g/mol. The zero-order valence-corrected chi connectivity index (χ0v) is 13.5. The first-order chi connectivity index (χ1) is 11.0. The fourth-order valence-electron chi connectivity index (χ4n) is 3.05. The molecule has 2 atom stereocenters. The second-order valence-electron chi connectivity index (χ2n) is 5.63. The summed E-state index contributed by atoms with van der Waals surface area (Å²) < 4.78 is 13.9. The van der Waals surface area contributed by atoms with Crippen LogP contribution in [0.15, 0.2) is 39.9 Å². The second kappa shape index (κ2) is 6.04. The molecule has 3 rings (SSSR count). The molecule has 0 spiro atoms. The minimum absolute atomic E-state index is 0.165. The van der Waals surface area contributed by atoms with Crippen LogP contribution in [-0.4, -0.2) is 22.0 Å². The van der Waals surface area contributed by atoms with Gasteiger partial charge >= 0.3 is 5.69 Å². The molecule has 0 amide bonds. The Kier molecular flexibility index (Phi) is 4.09. The van der Waals surface area contributed by atoms with Crippen LogP contribution < -0.4 is 16.0 Å². The Labute approximate surface area is 133 Å². The highest BCUT2D eigenvalue weighted by atomic mass is 16.7. The van der Waals surface area contributed by atoms with Crippen LogP contribution in [0.5, 0.6) is 5.88 Å². The Hall–Kier alpha value is -2.34. The fourth-order valence-corrected chi connectivity index (χ4v) is 3.05. The molecule has 0 saturated carbocycles. The monoisotopic (exact) mass is 316 g/mol. The number of hydrogen-bond donors (Lipinski definition) is 0. The Bertz CT molecular complexity index is 823. The van der Waals surface area contributed by atoms with E-state index in [1.54, 1.807) is 7.05 Å². The molecule has 0 bridgehead atoms. The van der Waals surface area contributed by atoms with Crippen molar-refractivity contribution in [2.45, 2.75) is 25.6 Å². The van der Waals surface area contributed by atoms with Crippen molar-refractivity contribution in [1.82, 2.24) is 9.13 Å². The van der Waals surface area contributed by atoms with E-state index in [1.165, 1.54) is 11.6 Å². The van der Waals surface area contributed by atoms with Crippen LogP contribution in [0.1, 0.15) is 30.4 Å². The predicted octanol–water partition coefficient (Wildman–Crippen LogP) is 1.36. The Balaban J connectivity index is 2.24. The SMILES string of the molecule is CCO[C@@H]1C[C@H](c2ccccc2)c2c(n(C)c(=O)n(C)c2=O)O1. The molecule has 1 aliphatic rings. The molecule has 0 aliphatic carbocycles. The quantitative estimate of drug-likeness (QED) is 0.858. The lowest BCUT2D eigenvalue weighted by atomic mass is 9.88. The summed E-state index contributed by atoms with van der Waals surface area (Å²) in [6.45, 7) is 2.39. The van der Waals surface area contributed by atoms with Gasteiger partial charge < -0.3 is 9.47 Å². The molecule has 6 heteroatoms. The van der Waals surface area contributed by atoms with Crippen molar-refractivity contribution in [2.24, 2.45) is 14.1 Å². The predicted molar refractivity (Wildman–Crippen MR) is 85.9 cm³/mol. The van der Waals surface area contributed by atoms with Crippen LogP contribution in [0, 0.1) is 0 Å².